The highest BCUT2D eigenvalue weighted by atomic mass is 35.7. The second-order valence-electron chi connectivity index (χ2n) is 6.07. The van der Waals surface area contributed by atoms with Crippen molar-refractivity contribution in [1.29, 1.82) is 0 Å². The molecule has 1 aliphatic heterocycles. The molecule has 0 spiro atoms. The average Bonchev–Trinajstić information content (AvgIpc) is 3.21. The fourth-order valence-electron chi connectivity index (χ4n) is 3.12. The number of nitrogens with zero attached hydrogens (tertiary/aromatic N) is 1. The van der Waals surface area contributed by atoms with Crippen LogP contribution in [0.3, 0.4) is 0 Å². The lowest BCUT2D eigenvalue weighted by Gasteiger charge is -2.16. The summed E-state index contributed by atoms with van der Waals surface area (Å²) in [5, 5.41) is 3.93. The van der Waals surface area contributed by atoms with Crippen molar-refractivity contribution in [3.63, 3.8) is 0 Å². The van der Waals surface area contributed by atoms with E-state index in [0.717, 1.165) is 11.1 Å². The van der Waals surface area contributed by atoms with E-state index in [0.29, 0.717) is 13.1 Å². The number of benzene rings is 1. The molecule has 8 heteroatoms. The summed E-state index contributed by atoms with van der Waals surface area (Å²) in [6.07, 6.45) is -0.432. The van der Waals surface area contributed by atoms with Gasteiger partial charge in [-0.25, -0.2) is 13.2 Å². The summed E-state index contributed by atoms with van der Waals surface area (Å²) < 4.78 is 28.4. The Morgan fingerprint density at radius 3 is 2.64 bits per heavy atom. The van der Waals surface area contributed by atoms with Gasteiger partial charge in [-0.2, -0.15) is 11.3 Å². The quantitative estimate of drug-likeness (QED) is 0.719. The van der Waals surface area contributed by atoms with E-state index in [1.165, 1.54) is 0 Å². The number of carbonyl (C=O) groups is 1. The zero-order chi connectivity index (χ0) is 17.9. The molecule has 1 amide bonds. The van der Waals surface area contributed by atoms with Crippen molar-refractivity contribution in [1.82, 2.24) is 4.90 Å². The summed E-state index contributed by atoms with van der Waals surface area (Å²) in [7, 11) is 1.81. The maximum Gasteiger partial charge on any atom is 0.410 e. The molecule has 2 heterocycles. The Bertz CT molecular complexity index is 808. The van der Waals surface area contributed by atoms with Gasteiger partial charge in [0.2, 0.25) is 9.05 Å². The molecule has 3 rings (SSSR count). The SMILES string of the molecule is O=C(OCc1ccccc1)N1CC(CS(=O)(=O)Cl)C(c2ccsc2)C1. The molecule has 5 nitrogen and oxygen atoms in total. The molecule has 0 saturated carbocycles. The summed E-state index contributed by atoms with van der Waals surface area (Å²) in [6, 6.07) is 11.4. The minimum absolute atomic E-state index is 0.0518. The van der Waals surface area contributed by atoms with E-state index in [1.54, 1.807) is 16.2 Å². The third-order valence-corrected chi connectivity index (χ3v) is 6.19. The van der Waals surface area contributed by atoms with Gasteiger partial charge in [0.15, 0.2) is 0 Å². The number of ether oxygens (including phenoxy) is 1. The summed E-state index contributed by atoms with van der Waals surface area (Å²) in [5.41, 5.74) is 1.94. The van der Waals surface area contributed by atoms with Crippen molar-refractivity contribution in [2.24, 2.45) is 5.92 Å². The van der Waals surface area contributed by atoms with Crippen LogP contribution in [0, 0.1) is 5.92 Å². The summed E-state index contributed by atoms with van der Waals surface area (Å²) in [6.45, 7) is 0.944. The number of amides is 1. The molecule has 1 aromatic heterocycles. The van der Waals surface area contributed by atoms with Crippen LogP contribution in [0.1, 0.15) is 17.0 Å². The van der Waals surface area contributed by atoms with E-state index in [-0.39, 0.29) is 24.2 Å². The zero-order valence-corrected chi connectivity index (χ0v) is 15.8. The molecule has 1 aliphatic rings. The Kier molecular flexibility index (Phi) is 5.66. The predicted molar refractivity (Wildman–Crippen MR) is 98.4 cm³/mol. The number of hydrogen-bond acceptors (Lipinski definition) is 5. The van der Waals surface area contributed by atoms with Crippen LogP contribution in [0.4, 0.5) is 4.79 Å². The molecule has 0 radical (unpaired) electrons. The van der Waals surface area contributed by atoms with E-state index in [9.17, 15) is 13.2 Å². The molecule has 1 aromatic carbocycles. The number of thiophene rings is 1. The normalized spacial score (nSPS) is 20.6. The Morgan fingerprint density at radius 2 is 2.00 bits per heavy atom. The van der Waals surface area contributed by atoms with Crippen LogP contribution < -0.4 is 0 Å². The van der Waals surface area contributed by atoms with Crippen molar-refractivity contribution in [3.8, 4) is 0 Å². The maximum absolute atomic E-state index is 12.4. The van der Waals surface area contributed by atoms with Gasteiger partial charge in [-0.05, 0) is 28.0 Å². The molecular weight excluding hydrogens is 382 g/mol. The fourth-order valence-corrected chi connectivity index (χ4v) is 5.18. The Morgan fingerprint density at radius 1 is 1.24 bits per heavy atom. The first-order chi connectivity index (χ1) is 11.9. The number of halogens is 1. The minimum atomic E-state index is -3.64. The van der Waals surface area contributed by atoms with Gasteiger partial charge in [0.05, 0.1) is 5.75 Å². The fraction of sp³-hybridized carbons (Fsp3) is 0.353. The minimum Gasteiger partial charge on any atom is -0.445 e. The molecule has 2 unspecified atom stereocenters. The standard InChI is InChI=1S/C17H18ClNO4S2/c18-25(21,22)12-15-8-19(9-16(15)14-6-7-24-11-14)17(20)23-10-13-4-2-1-3-5-13/h1-7,11,15-16H,8-10,12H2. The van der Waals surface area contributed by atoms with Crippen LogP contribution in [-0.4, -0.2) is 38.3 Å². The topological polar surface area (TPSA) is 63.7 Å². The highest BCUT2D eigenvalue weighted by Crippen LogP contribution is 2.35. The van der Waals surface area contributed by atoms with E-state index in [4.69, 9.17) is 15.4 Å². The molecular formula is C17H18ClNO4S2. The first-order valence-corrected chi connectivity index (χ1v) is 11.2. The average molecular weight is 400 g/mol. The van der Waals surface area contributed by atoms with Crippen LogP contribution in [0.2, 0.25) is 0 Å². The Labute approximate surface area is 155 Å². The molecule has 1 saturated heterocycles. The van der Waals surface area contributed by atoms with Crippen molar-refractivity contribution in [2.75, 3.05) is 18.8 Å². The second kappa shape index (κ2) is 7.76. The van der Waals surface area contributed by atoms with Crippen LogP contribution in [0.25, 0.3) is 0 Å². The van der Waals surface area contributed by atoms with Gasteiger partial charge >= 0.3 is 6.09 Å². The lowest BCUT2D eigenvalue weighted by molar-refractivity contribution is 0.103. The molecule has 2 aromatic rings. The summed E-state index contributed by atoms with van der Waals surface area (Å²) in [5.74, 6) is -0.442. The van der Waals surface area contributed by atoms with E-state index in [1.807, 2.05) is 47.2 Å². The smallest absolute Gasteiger partial charge is 0.410 e. The van der Waals surface area contributed by atoms with Crippen LogP contribution in [-0.2, 0) is 20.4 Å². The van der Waals surface area contributed by atoms with Gasteiger partial charge in [-0.15, -0.1) is 0 Å². The number of hydrogen-bond donors (Lipinski definition) is 0. The van der Waals surface area contributed by atoms with Gasteiger partial charge in [0.25, 0.3) is 0 Å². The summed E-state index contributed by atoms with van der Waals surface area (Å²) in [4.78, 5) is 13.9. The summed E-state index contributed by atoms with van der Waals surface area (Å²) >= 11 is 1.55. The first-order valence-electron chi connectivity index (χ1n) is 7.82. The van der Waals surface area contributed by atoms with E-state index in [2.05, 4.69) is 0 Å². The van der Waals surface area contributed by atoms with Crippen LogP contribution in [0.5, 0.6) is 0 Å². The number of likely N-dealkylation sites (tertiary alicyclic amines) is 1. The molecule has 0 aliphatic carbocycles. The van der Waals surface area contributed by atoms with Gasteiger partial charge in [-0.3, -0.25) is 0 Å². The number of rotatable bonds is 5. The van der Waals surface area contributed by atoms with Crippen molar-refractivity contribution in [2.45, 2.75) is 12.5 Å². The molecule has 25 heavy (non-hydrogen) atoms. The third-order valence-electron chi connectivity index (χ3n) is 4.29. The monoisotopic (exact) mass is 399 g/mol. The molecule has 0 bridgehead atoms. The lowest BCUT2D eigenvalue weighted by atomic mass is 9.92. The zero-order valence-electron chi connectivity index (χ0n) is 13.4. The van der Waals surface area contributed by atoms with Gasteiger partial charge in [0, 0.05) is 35.6 Å². The highest BCUT2D eigenvalue weighted by Gasteiger charge is 2.39. The third kappa shape index (κ3) is 4.96. The van der Waals surface area contributed by atoms with Crippen molar-refractivity contribution < 1.29 is 17.9 Å². The van der Waals surface area contributed by atoms with Crippen molar-refractivity contribution in [3.05, 3.63) is 58.3 Å². The Balaban J connectivity index is 1.67. The predicted octanol–water partition coefficient (Wildman–Crippen LogP) is 3.67. The highest BCUT2D eigenvalue weighted by molar-refractivity contribution is 8.13. The maximum atomic E-state index is 12.4. The molecule has 0 N–H and O–H groups in total. The van der Waals surface area contributed by atoms with Crippen LogP contribution in [0.15, 0.2) is 47.2 Å². The first kappa shape index (κ1) is 18.2. The second-order valence-corrected chi connectivity index (χ2v) is 9.68. The van der Waals surface area contributed by atoms with Gasteiger partial charge in [-0.1, -0.05) is 30.3 Å². The van der Waals surface area contributed by atoms with Gasteiger partial charge < -0.3 is 9.64 Å². The molecule has 1 fully saturated rings. The number of carbonyl (C=O) groups excluding carboxylic acids is 1. The van der Waals surface area contributed by atoms with E-state index >= 15 is 0 Å². The van der Waals surface area contributed by atoms with Crippen LogP contribution >= 0.6 is 22.0 Å². The molecule has 2 atom stereocenters. The Hall–Kier alpha value is -1.57. The van der Waals surface area contributed by atoms with Crippen molar-refractivity contribution >= 4 is 37.2 Å². The molecule has 134 valence electrons. The lowest BCUT2D eigenvalue weighted by Crippen LogP contribution is -2.30. The van der Waals surface area contributed by atoms with Gasteiger partial charge in [0.1, 0.15) is 6.61 Å². The van der Waals surface area contributed by atoms with E-state index < -0.39 is 15.1 Å². The largest absolute Gasteiger partial charge is 0.445 e.